The van der Waals surface area contributed by atoms with Gasteiger partial charge in [0.05, 0.1) is 28.5 Å². The summed E-state index contributed by atoms with van der Waals surface area (Å²) in [5.74, 6) is -2.77. The SMILES string of the molecule is [2H]C1([2H])N(CC2CCN(c3ccc(Nc4ncc5cc(C(=O)N(C)C)n(C6CCCC6)c5n4)nc3)CC2)C([2H])([2H])C([2H])([2H])N(c2ccc3c(c2)C(=O)N(C2CCC(=O)NC2=O)C3=O)C1([2H])[2H]. The van der Waals surface area contributed by atoms with Crippen LogP contribution in [0.2, 0.25) is 0 Å². The van der Waals surface area contributed by atoms with Crippen molar-refractivity contribution >= 4 is 63.7 Å². The average molecular weight is 796 g/mol. The summed E-state index contributed by atoms with van der Waals surface area (Å²) in [6, 6.07) is 7.69. The number of hydrogen-bond acceptors (Lipinski definition) is 12. The molecule has 4 aromatic rings. The number of rotatable bonds is 9. The smallest absolute Gasteiger partial charge is 0.270 e. The molecule has 302 valence electrons. The molecule has 0 spiro atoms. The van der Waals surface area contributed by atoms with Gasteiger partial charge in [0.25, 0.3) is 17.7 Å². The summed E-state index contributed by atoms with van der Waals surface area (Å²) in [6.07, 6.45) is 8.19. The van der Waals surface area contributed by atoms with Crippen LogP contribution in [0.1, 0.15) is 99.6 Å². The molecule has 9 rings (SSSR count). The van der Waals surface area contributed by atoms with Crippen LogP contribution < -0.4 is 20.4 Å². The number of piperazine rings is 1. The third-order valence-corrected chi connectivity index (χ3v) is 11.6. The van der Waals surface area contributed by atoms with E-state index >= 15 is 0 Å². The summed E-state index contributed by atoms with van der Waals surface area (Å²) in [5.41, 5.74) is 1.22. The zero-order valence-corrected chi connectivity index (χ0v) is 32.2. The molecular formula is C42H49N11O5. The minimum atomic E-state index is -3.22. The molecule has 3 aromatic heterocycles. The van der Waals surface area contributed by atoms with Crippen molar-refractivity contribution in [2.75, 3.05) is 74.8 Å². The first-order chi connectivity index (χ1) is 31.1. The van der Waals surface area contributed by atoms with Gasteiger partial charge in [0.1, 0.15) is 23.2 Å². The van der Waals surface area contributed by atoms with Gasteiger partial charge in [-0.15, -0.1) is 0 Å². The monoisotopic (exact) mass is 795 g/mol. The molecule has 4 fully saturated rings. The van der Waals surface area contributed by atoms with Crippen LogP contribution in [0.3, 0.4) is 0 Å². The van der Waals surface area contributed by atoms with Gasteiger partial charge in [0.2, 0.25) is 17.8 Å². The zero-order valence-electron chi connectivity index (χ0n) is 40.2. The molecule has 5 aliphatic rings. The number of anilines is 4. The maximum atomic E-state index is 13.6. The van der Waals surface area contributed by atoms with Crippen molar-refractivity contribution in [3.63, 3.8) is 0 Å². The maximum absolute atomic E-state index is 13.6. The third-order valence-electron chi connectivity index (χ3n) is 11.6. The van der Waals surface area contributed by atoms with E-state index in [9.17, 15) is 24.0 Å². The average Bonchev–Trinajstić information content (AvgIpc) is 3.99. The highest BCUT2D eigenvalue weighted by Crippen LogP contribution is 2.36. The lowest BCUT2D eigenvalue weighted by Gasteiger charge is -2.40. The molecule has 1 aromatic carbocycles. The van der Waals surface area contributed by atoms with Crippen LogP contribution in [0.4, 0.5) is 23.1 Å². The second-order valence-corrected chi connectivity index (χ2v) is 15.5. The van der Waals surface area contributed by atoms with E-state index in [1.165, 1.54) is 0 Å². The Labute approximate surface area is 347 Å². The van der Waals surface area contributed by atoms with Crippen LogP contribution in [-0.2, 0) is 9.59 Å². The summed E-state index contributed by atoms with van der Waals surface area (Å²) in [5, 5.41) is 6.05. The molecule has 3 saturated heterocycles. The second-order valence-electron chi connectivity index (χ2n) is 15.5. The molecule has 5 amide bonds. The minimum Gasteiger partial charge on any atom is -0.370 e. The summed E-state index contributed by atoms with van der Waals surface area (Å²) in [7, 11) is 3.45. The van der Waals surface area contributed by atoms with Gasteiger partial charge in [-0.3, -0.25) is 39.1 Å². The molecule has 16 heteroatoms. The summed E-state index contributed by atoms with van der Waals surface area (Å²) in [6.45, 7) is -12.0. The van der Waals surface area contributed by atoms with Crippen LogP contribution >= 0.6 is 0 Å². The van der Waals surface area contributed by atoms with Crippen LogP contribution in [0.25, 0.3) is 11.0 Å². The van der Waals surface area contributed by atoms with Gasteiger partial charge in [-0.2, -0.15) is 4.98 Å². The quantitative estimate of drug-likeness (QED) is 0.235. The lowest BCUT2D eigenvalue weighted by molar-refractivity contribution is -0.136. The van der Waals surface area contributed by atoms with Crippen molar-refractivity contribution in [3.05, 3.63) is 65.6 Å². The fourth-order valence-corrected chi connectivity index (χ4v) is 8.48. The number of fused-ring (bicyclic) bond motifs is 2. The predicted molar refractivity (Wildman–Crippen MR) is 217 cm³/mol. The Bertz CT molecular complexity index is 2620. The van der Waals surface area contributed by atoms with Gasteiger partial charge in [0.15, 0.2) is 0 Å². The molecular weight excluding hydrogens is 739 g/mol. The van der Waals surface area contributed by atoms with Crippen molar-refractivity contribution in [1.29, 1.82) is 0 Å². The van der Waals surface area contributed by atoms with Crippen molar-refractivity contribution in [1.82, 2.24) is 39.5 Å². The summed E-state index contributed by atoms with van der Waals surface area (Å²) in [4.78, 5) is 83.5. The van der Waals surface area contributed by atoms with Crippen molar-refractivity contribution < 1.29 is 34.9 Å². The van der Waals surface area contributed by atoms with E-state index in [2.05, 4.69) is 25.5 Å². The van der Waals surface area contributed by atoms with E-state index in [0.29, 0.717) is 63.7 Å². The molecule has 2 N–H and O–H groups in total. The van der Waals surface area contributed by atoms with Crippen molar-refractivity contribution in [2.24, 2.45) is 5.92 Å². The van der Waals surface area contributed by atoms with E-state index in [0.717, 1.165) is 55.0 Å². The predicted octanol–water partition coefficient (Wildman–Crippen LogP) is 3.83. The molecule has 1 atom stereocenters. The Kier molecular flexibility index (Phi) is 7.82. The first-order valence-electron chi connectivity index (χ1n) is 23.6. The fourth-order valence-electron chi connectivity index (χ4n) is 8.48. The van der Waals surface area contributed by atoms with Crippen molar-refractivity contribution in [3.8, 4) is 0 Å². The number of carbonyl (C=O) groups is 5. The van der Waals surface area contributed by atoms with Gasteiger partial charge < -0.3 is 24.6 Å². The largest absolute Gasteiger partial charge is 0.370 e. The fraction of sp³-hybridized carbons (Fsp3) is 0.476. The first kappa shape index (κ1) is 29.3. The van der Waals surface area contributed by atoms with Crippen LogP contribution in [-0.4, -0.2) is 130 Å². The third kappa shape index (κ3) is 7.14. The number of imide groups is 2. The molecule has 16 nitrogen and oxygen atoms in total. The summed E-state index contributed by atoms with van der Waals surface area (Å²) < 4.78 is 74.5. The lowest BCUT2D eigenvalue weighted by atomic mass is 9.95. The van der Waals surface area contributed by atoms with E-state index in [1.807, 2.05) is 16.7 Å². The standard InChI is InChI=1S/C42H49N11O5/c1-48(2)41(58)34-21-27-23-44-42(47-37(27)52(34)28-5-3-4-6-28)45-35-11-8-30(24-43-35)50-15-13-26(14-16-50)25-49-17-19-51(20-18-49)29-7-9-31-32(22-29)40(57)53(39(31)56)33-10-12-36(54)46-38(33)55/h7-9,11,21-24,26,28,33H,3-6,10,12-20,25H2,1-2H3,(H,46,54,55)(H,43,44,45,47)/i17D2,18D2,19D2,20D2. The normalized spacial score (nSPS) is 26.4. The van der Waals surface area contributed by atoms with Gasteiger partial charge in [-0.1, -0.05) is 12.8 Å². The topological polar surface area (TPSA) is 169 Å². The maximum Gasteiger partial charge on any atom is 0.270 e. The highest BCUT2D eigenvalue weighted by atomic mass is 16.2. The Morgan fingerprint density at radius 2 is 1.60 bits per heavy atom. The number of aromatic nitrogens is 4. The lowest BCUT2D eigenvalue weighted by Crippen LogP contribution is -2.54. The Hall–Kier alpha value is -5.90. The van der Waals surface area contributed by atoms with E-state index in [4.69, 9.17) is 16.0 Å². The van der Waals surface area contributed by atoms with E-state index < -0.39 is 55.7 Å². The number of nitrogens with zero attached hydrogens (tertiary/aromatic N) is 9. The van der Waals surface area contributed by atoms with E-state index in [-0.39, 0.29) is 54.1 Å². The number of nitrogens with one attached hydrogen (secondary N) is 2. The Balaban J connectivity index is 0.870. The Morgan fingerprint density at radius 1 is 0.862 bits per heavy atom. The molecule has 0 bridgehead atoms. The molecule has 0 radical (unpaired) electrons. The molecule has 4 aliphatic heterocycles. The number of hydrogen-bond donors (Lipinski definition) is 2. The molecule has 1 saturated carbocycles. The second kappa shape index (κ2) is 15.5. The first-order valence-corrected chi connectivity index (χ1v) is 19.6. The summed E-state index contributed by atoms with van der Waals surface area (Å²) >= 11 is 0. The van der Waals surface area contributed by atoms with Crippen LogP contribution in [0.15, 0.2) is 48.8 Å². The van der Waals surface area contributed by atoms with Gasteiger partial charge in [-0.05, 0) is 74.4 Å². The minimum absolute atomic E-state index is 0.0984. The highest BCUT2D eigenvalue weighted by molar-refractivity contribution is 6.23. The van der Waals surface area contributed by atoms with Gasteiger partial charge >= 0.3 is 0 Å². The molecule has 1 aliphatic carbocycles. The number of carbonyl (C=O) groups excluding carboxylic acids is 5. The molecule has 1 unspecified atom stereocenters. The van der Waals surface area contributed by atoms with Gasteiger partial charge in [-0.25, -0.2) is 9.97 Å². The molecule has 58 heavy (non-hydrogen) atoms. The highest BCUT2D eigenvalue weighted by Gasteiger charge is 2.45. The number of benzene rings is 1. The van der Waals surface area contributed by atoms with E-state index in [1.54, 1.807) is 37.5 Å². The number of amides is 5. The van der Waals surface area contributed by atoms with Crippen molar-refractivity contribution in [2.45, 2.75) is 63.5 Å². The van der Waals surface area contributed by atoms with Gasteiger partial charge in [0, 0.05) is 94.9 Å². The zero-order chi connectivity index (χ0) is 47.2. The number of piperidine rings is 2. The number of pyridine rings is 1. The van der Waals surface area contributed by atoms with Crippen LogP contribution in [0.5, 0.6) is 0 Å². The van der Waals surface area contributed by atoms with Crippen LogP contribution in [0, 0.1) is 5.92 Å². The Morgan fingerprint density at radius 3 is 2.31 bits per heavy atom. The molecule has 7 heterocycles.